The van der Waals surface area contributed by atoms with Crippen molar-refractivity contribution in [3.63, 3.8) is 0 Å². The fraction of sp³-hybridized carbons (Fsp3) is 0.0833. The Kier molecular flexibility index (Phi) is 3.96. The summed E-state index contributed by atoms with van der Waals surface area (Å²) in [6, 6.07) is 8.90. The number of hydrogen-bond acceptors (Lipinski definition) is 4. The zero-order valence-corrected chi connectivity index (χ0v) is 10.3. The smallest absolute Gasteiger partial charge is 0.417 e. The second kappa shape index (κ2) is 5.50. The van der Waals surface area contributed by atoms with Crippen LogP contribution in [0.25, 0.3) is 0 Å². The summed E-state index contributed by atoms with van der Waals surface area (Å²) in [7, 11) is 0. The van der Waals surface area contributed by atoms with Crippen LogP contribution < -0.4 is 9.88 Å². The van der Waals surface area contributed by atoms with Gasteiger partial charge in [-0.1, -0.05) is 0 Å². The Morgan fingerprint density at radius 2 is 1.74 bits per heavy atom. The van der Waals surface area contributed by atoms with E-state index in [1.165, 1.54) is 6.07 Å². The maximum Gasteiger partial charge on any atom is 0.417 e. The minimum absolute atomic E-state index is 0.0983. The highest BCUT2D eigenvalue weighted by Gasteiger charge is 2.30. The van der Waals surface area contributed by atoms with Crippen LogP contribution in [0, 0.1) is 0 Å². The molecule has 3 nitrogen and oxygen atoms in total. The third-order valence-corrected chi connectivity index (χ3v) is 2.79. The largest absolute Gasteiger partial charge is 0.439 e. The molecule has 0 aliphatic heterocycles. The lowest BCUT2D eigenvalue weighted by molar-refractivity contribution is -0.137. The third-order valence-electron chi connectivity index (χ3n) is 2.25. The molecule has 1 aromatic carbocycles. The predicted octanol–water partition coefficient (Wildman–Crippen LogP) is 3.86. The Morgan fingerprint density at radius 3 is 2.21 bits per heavy atom. The van der Waals surface area contributed by atoms with Gasteiger partial charge in [-0.2, -0.15) is 13.2 Å². The number of halogens is 3. The summed E-state index contributed by atoms with van der Waals surface area (Å²) in [6.07, 6.45) is -3.66. The summed E-state index contributed by atoms with van der Waals surface area (Å²) in [5.41, 5.74) is -0.810. The number of aromatic nitrogens is 1. The predicted molar refractivity (Wildman–Crippen MR) is 65.8 cm³/mol. The molecule has 2 aromatic rings. The number of ether oxygens (including phenoxy) is 1. The summed E-state index contributed by atoms with van der Waals surface area (Å²) in [5, 5.41) is 5.37. The highest BCUT2D eigenvalue weighted by atomic mass is 32.2. The van der Waals surface area contributed by atoms with E-state index in [4.69, 9.17) is 9.88 Å². The van der Waals surface area contributed by atoms with Crippen molar-refractivity contribution in [1.29, 1.82) is 0 Å². The van der Waals surface area contributed by atoms with E-state index < -0.39 is 11.7 Å². The molecular weight excluding hydrogens is 277 g/mol. The second-order valence-electron chi connectivity index (χ2n) is 3.57. The van der Waals surface area contributed by atoms with E-state index in [2.05, 4.69) is 4.98 Å². The Bertz CT molecular complexity index is 540. The molecule has 7 heteroatoms. The monoisotopic (exact) mass is 286 g/mol. The molecule has 19 heavy (non-hydrogen) atoms. The minimum atomic E-state index is -4.40. The van der Waals surface area contributed by atoms with Crippen LogP contribution in [0.3, 0.4) is 0 Å². The quantitative estimate of drug-likeness (QED) is 0.870. The molecule has 0 aliphatic rings. The number of nitrogens with zero attached hydrogens (tertiary/aromatic N) is 1. The summed E-state index contributed by atoms with van der Waals surface area (Å²) in [6.45, 7) is 0. The molecule has 0 spiro atoms. The van der Waals surface area contributed by atoms with Crippen LogP contribution in [-0.4, -0.2) is 4.98 Å². The van der Waals surface area contributed by atoms with Crippen molar-refractivity contribution in [3.05, 3.63) is 48.2 Å². The van der Waals surface area contributed by atoms with Gasteiger partial charge in [-0.3, -0.25) is 5.14 Å². The molecule has 1 aromatic heterocycles. The van der Waals surface area contributed by atoms with Crippen LogP contribution in [-0.2, 0) is 6.18 Å². The number of hydrogen-bond donors (Lipinski definition) is 1. The maximum atomic E-state index is 12.3. The first-order valence-electron chi connectivity index (χ1n) is 5.17. The topological polar surface area (TPSA) is 48.1 Å². The van der Waals surface area contributed by atoms with Crippen LogP contribution >= 0.6 is 11.9 Å². The first-order chi connectivity index (χ1) is 8.99. The molecular formula is C12H9F3N2OS. The minimum Gasteiger partial charge on any atom is -0.439 e. The fourth-order valence-corrected chi connectivity index (χ4v) is 1.61. The van der Waals surface area contributed by atoms with Gasteiger partial charge in [0.25, 0.3) is 0 Å². The lowest BCUT2D eigenvalue weighted by Crippen LogP contribution is -2.05. The summed E-state index contributed by atoms with van der Waals surface area (Å²) < 4.78 is 42.3. The van der Waals surface area contributed by atoms with Gasteiger partial charge >= 0.3 is 6.18 Å². The summed E-state index contributed by atoms with van der Waals surface area (Å²) in [5.74, 6) is 0.575. The van der Waals surface area contributed by atoms with Gasteiger partial charge in [0.2, 0.25) is 5.88 Å². The molecule has 0 saturated carbocycles. The van der Waals surface area contributed by atoms with Gasteiger partial charge in [0.05, 0.1) is 5.56 Å². The maximum absolute atomic E-state index is 12.3. The van der Waals surface area contributed by atoms with Crippen LogP contribution in [0.5, 0.6) is 11.6 Å². The average Bonchev–Trinajstić information content (AvgIpc) is 2.39. The van der Waals surface area contributed by atoms with Crippen LogP contribution in [0.2, 0.25) is 0 Å². The van der Waals surface area contributed by atoms with Crippen molar-refractivity contribution in [2.24, 2.45) is 5.14 Å². The SMILES string of the molecule is NSc1ccc(Oc2ccc(C(F)(F)F)cn2)cc1. The molecule has 0 atom stereocenters. The van der Waals surface area contributed by atoms with E-state index in [-0.39, 0.29) is 5.88 Å². The van der Waals surface area contributed by atoms with E-state index in [1.54, 1.807) is 24.3 Å². The van der Waals surface area contributed by atoms with Gasteiger partial charge in [-0.25, -0.2) is 4.98 Å². The zero-order valence-electron chi connectivity index (χ0n) is 9.52. The van der Waals surface area contributed by atoms with E-state index in [0.717, 1.165) is 29.1 Å². The summed E-state index contributed by atoms with van der Waals surface area (Å²) >= 11 is 1.09. The molecule has 0 radical (unpaired) electrons. The van der Waals surface area contributed by atoms with Gasteiger partial charge < -0.3 is 4.74 Å². The highest BCUT2D eigenvalue weighted by molar-refractivity contribution is 7.97. The number of alkyl halides is 3. The second-order valence-corrected chi connectivity index (χ2v) is 4.28. The normalized spacial score (nSPS) is 11.4. The van der Waals surface area contributed by atoms with Crippen molar-refractivity contribution in [2.75, 3.05) is 0 Å². The molecule has 0 aliphatic carbocycles. The number of benzene rings is 1. The van der Waals surface area contributed by atoms with Crippen molar-refractivity contribution >= 4 is 11.9 Å². The first-order valence-corrected chi connectivity index (χ1v) is 6.05. The van der Waals surface area contributed by atoms with E-state index >= 15 is 0 Å². The fourth-order valence-electron chi connectivity index (χ4n) is 1.32. The molecule has 0 fully saturated rings. The van der Waals surface area contributed by atoms with Crippen LogP contribution in [0.4, 0.5) is 13.2 Å². The molecule has 2 rings (SSSR count). The Balaban J connectivity index is 2.10. The van der Waals surface area contributed by atoms with Crippen LogP contribution in [0.15, 0.2) is 47.5 Å². The molecule has 100 valence electrons. The molecule has 2 N–H and O–H groups in total. The van der Waals surface area contributed by atoms with Crippen molar-refractivity contribution < 1.29 is 17.9 Å². The Morgan fingerprint density at radius 1 is 1.05 bits per heavy atom. The van der Waals surface area contributed by atoms with Gasteiger partial charge in [0.15, 0.2) is 0 Å². The highest BCUT2D eigenvalue weighted by Crippen LogP contribution is 2.30. The molecule has 0 saturated heterocycles. The Labute approximate surface area is 111 Å². The molecule has 1 heterocycles. The van der Waals surface area contributed by atoms with Gasteiger partial charge in [-0.15, -0.1) is 0 Å². The van der Waals surface area contributed by atoms with Crippen LogP contribution in [0.1, 0.15) is 5.56 Å². The molecule has 0 unspecified atom stereocenters. The van der Waals surface area contributed by atoms with Gasteiger partial charge in [-0.05, 0) is 42.3 Å². The lowest BCUT2D eigenvalue weighted by atomic mass is 10.3. The molecule has 0 amide bonds. The standard InChI is InChI=1S/C12H9F3N2OS/c13-12(14,15)8-1-6-11(17-7-8)18-9-2-4-10(19-16)5-3-9/h1-7H,16H2. The zero-order chi connectivity index (χ0) is 13.9. The third kappa shape index (κ3) is 3.62. The van der Waals surface area contributed by atoms with E-state index in [0.29, 0.717) is 5.75 Å². The number of pyridine rings is 1. The average molecular weight is 286 g/mol. The number of nitrogens with two attached hydrogens (primary N) is 1. The molecule has 0 bridgehead atoms. The van der Waals surface area contributed by atoms with E-state index in [1.807, 2.05) is 0 Å². The van der Waals surface area contributed by atoms with Gasteiger partial charge in [0, 0.05) is 17.2 Å². The van der Waals surface area contributed by atoms with E-state index in [9.17, 15) is 13.2 Å². The van der Waals surface area contributed by atoms with Crippen molar-refractivity contribution in [3.8, 4) is 11.6 Å². The van der Waals surface area contributed by atoms with Gasteiger partial charge in [0.1, 0.15) is 5.75 Å². The first kappa shape index (κ1) is 13.7. The van der Waals surface area contributed by atoms with Crippen molar-refractivity contribution in [1.82, 2.24) is 4.98 Å². The number of rotatable bonds is 3. The Hall–Kier alpha value is -1.73. The summed E-state index contributed by atoms with van der Waals surface area (Å²) in [4.78, 5) is 4.47. The lowest BCUT2D eigenvalue weighted by Gasteiger charge is -2.08. The van der Waals surface area contributed by atoms with Crippen molar-refractivity contribution in [2.45, 2.75) is 11.1 Å².